The molecule has 3 unspecified atom stereocenters. The van der Waals surface area contributed by atoms with Crippen LogP contribution in [-0.2, 0) is 32.7 Å². The molecule has 4 N–H and O–H groups in total. The van der Waals surface area contributed by atoms with Gasteiger partial charge in [0.15, 0.2) is 0 Å². The summed E-state index contributed by atoms with van der Waals surface area (Å²) in [6.45, 7) is 3.47. The van der Waals surface area contributed by atoms with Gasteiger partial charge in [0.2, 0.25) is 0 Å². The van der Waals surface area contributed by atoms with Gasteiger partial charge < -0.3 is 25.2 Å². The summed E-state index contributed by atoms with van der Waals surface area (Å²) in [4.78, 5) is 33.3. The van der Waals surface area contributed by atoms with Crippen molar-refractivity contribution < 1.29 is 42.7 Å². The summed E-state index contributed by atoms with van der Waals surface area (Å²) >= 11 is 0. The number of allylic oxidation sites excluding steroid dienone is 11. The number of carbonyl (C=O) groups is 2. The number of ether oxygens (including phenoxy) is 2. The van der Waals surface area contributed by atoms with Gasteiger partial charge in [-0.15, -0.1) is 0 Å². The zero-order valence-corrected chi connectivity index (χ0v) is 31.6. The molecule has 0 aromatic heterocycles. The van der Waals surface area contributed by atoms with Gasteiger partial charge in [-0.2, -0.15) is 0 Å². The minimum atomic E-state index is -4.63. The second-order valence-corrected chi connectivity index (χ2v) is 13.4. The average molecular weight is 724 g/mol. The number of hydrogen-bond donors (Lipinski definition) is 3. The first-order chi connectivity index (χ1) is 24.2. The molecule has 0 radical (unpaired) electrons. The first kappa shape index (κ1) is 47.4. The predicted octanol–water partition coefficient (Wildman–Crippen LogP) is 9.47. The van der Waals surface area contributed by atoms with Crippen LogP contribution in [0.15, 0.2) is 72.9 Å². The highest BCUT2D eigenvalue weighted by molar-refractivity contribution is 7.47. The Bertz CT molecular complexity index is 1070. The molecular weight excluding hydrogens is 657 g/mol. The number of carbonyl (C=O) groups excluding carboxylic acids is 1. The van der Waals surface area contributed by atoms with Crippen LogP contribution in [0.25, 0.3) is 0 Å². The molecule has 0 heterocycles. The summed E-state index contributed by atoms with van der Waals surface area (Å²) in [5, 5.41) is 8.85. The van der Waals surface area contributed by atoms with Gasteiger partial charge in [-0.3, -0.25) is 18.6 Å². The lowest BCUT2D eigenvalue weighted by molar-refractivity contribution is -0.154. The van der Waals surface area contributed by atoms with E-state index in [2.05, 4.69) is 79.1 Å². The van der Waals surface area contributed by atoms with Crippen LogP contribution < -0.4 is 5.73 Å². The third-order valence-electron chi connectivity index (χ3n) is 7.24. The summed E-state index contributed by atoms with van der Waals surface area (Å²) in [6, 6.07) is -1.49. The lowest BCUT2D eigenvalue weighted by Gasteiger charge is -2.20. The summed E-state index contributed by atoms with van der Waals surface area (Å²) in [6.07, 6.45) is 41.2. The highest BCUT2D eigenvalue weighted by atomic mass is 31.2. The van der Waals surface area contributed by atoms with Crippen molar-refractivity contribution in [3.05, 3.63) is 72.9 Å². The smallest absolute Gasteiger partial charge is 0.472 e. The Morgan fingerprint density at radius 1 is 0.660 bits per heavy atom. The molecule has 0 amide bonds. The number of nitrogens with two attached hydrogens (primary N) is 1. The van der Waals surface area contributed by atoms with Crippen LogP contribution in [0.1, 0.15) is 123 Å². The van der Waals surface area contributed by atoms with E-state index in [1.807, 2.05) is 12.2 Å². The van der Waals surface area contributed by atoms with Gasteiger partial charge in [-0.05, 0) is 70.6 Å². The largest absolute Gasteiger partial charge is 0.480 e. The number of esters is 1. The predicted molar refractivity (Wildman–Crippen MR) is 203 cm³/mol. The third kappa shape index (κ3) is 33.9. The van der Waals surface area contributed by atoms with Gasteiger partial charge in [0, 0.05) is 6.42 Å². The third-order valence-corrected chi connectivity index (χ3v) is 8.19. The highest BCUT2D eigenvalue weighted by Gasteiger charge is 2.27. The fourth-order valence-electron chi connectivity index (χ4n) is 4.37. The zero-order chi connectivity index (χ0) is 37.0. The maximum absolute atomic E-state index is 12.5. The van der Waals surface area contributed by atoms with E-state index in [1.165, 1.54) is 19.3 Å². The van der Waals surface area contributed by atoms with E-state index in [4.69, 9.17) is 24.8 Å². The molecular formula is C39H66NO9P. The molecule has 0 bridgehead atoms. The number of phosphoric ester groups is 1. The van der Waals surface area contributed by atoms with E-state index in [1.54, 1.807) is 0 Å². The van der Waals surface area contributed by atoms with Crippen molar-refractivity contribution in [1.82, 2.24) is 0 Å². The van der Waals surface area contributed by atoms with E-state index in [-0.39, 0.29) is 13.0 Å². The number of carboxylic acids is 1. The minimum Gasteiger partial charge on any atom is -0.480 e. The second-order valence-electron chi connectivity index (χ2n) is 12.0. The van der Waals surface area contributed by atoms with Crippen LogP contribution in [0.4, 0.5) is 0 Å². The molecule has 0 fully saturated rings. The second kappa shape index (κ2) is 34.8. The van der Waals surface area contributed by atoms with Gasteiger partial charge in [-0.1, -0.05) is 119 Å². The van der Waals surface area contributed by atoms with Crippen molar-refractivity contribution >= 4 is 19.8 Å². The highest BCUT2D eigenvalue weighted by Crippen LogP contribution is 2.43. The van der Waals surface area contributed by atoms with Crippen molar-refractivity contribution in [2.24, 2.45) is 5.73 Å². The fourth-order valence-corrected chi connectivity index (χ4v) is 5.14. The maximum Gasteiger partial charge on any atom is 0.472 e. The molecule has 286 valence electrons. The van der Waals surface area contributed by atoms with Crippen LogP contribution in [0.2, 0.25) is 0 Å². The van der Waals surface area contributed by atoms with Crippen LogP contribution in [0, 0.1) is 0 Å². The quantitative estimate of drug-likeness (QED) is 0.0253. The molecule has 10 nitrogen and oxygen atoms in total. The average Bonchev–Trinajstić information content (AvgIpc) is 3.09. The van der Waals surface area contributed by atoms with Crippen molar-refractivity contribution in [1.29, 1.82) is 0 Å². The molecule has 0 saturated heterocycles. The monoisotopic (exact) mass is 723 g/mol. The molecule has 0 rings (SSSR count). The standard InChI is InChI=1S/C39H66NO9P/c1-3-5-7-9-11-13-15-17-18-19-20-22-24-26-28-30-32-46-33-36(34-47-50(44,45)48-35-37(40)39(42)43)49-38(41)31-29-27-25-23-21-16-14-12-10-8-6-4-2/h5,7,11-14,17-18,20,22,26,28,36-37H,3-4,6,8-10,15-16,19,21,23-25,27,29-35,40H2,1-2H3,(H,42,43)(H,44,45)/b7-5-,13-11-,14-12-,18-17-,22-20-,28-26-. The van der Waals surface area contributed by atoms with Crippen molar-refractivity contribution in [3.8, 4) is 0 Å². The Morgan fingerprint density at radius 3 is 1.74 bits per heavy atom. The van der Waals surface area contributed by atoms with E-state index in [0.717, 1.165) is 70.6 Å². The molecule has 0 aliphatic rings. The maximum atomic E-state index is 12.5. The summed E-state index contributed by atoms with van der Waals surface area (Å²) in [7, 11) is -4.63. The van der Waals surface area contributed by atoms with Gasteiger partial charge >= 0.3 is 19.8 Å². The topological polar surface area (TPSA) is 155 Å². The Labute approximate surface area is 302 Å². The number of unbranched alkanes of at least 4 members (excludes halogenated alkanes) is 8. The zero-order valence-electron chi connectivity index (χ0n) is 30.7. The lowest BCUT2D eigenvalue weighted by Crippen LogP contribution is -2.34. The molecule has 0 aromatic carbocycles. The van der Waals surface area contributed by atoms with E-state index in [9.17, 15) is 19.0 Å². The van der Waals surface area contributed by atoms with Gasteiger partial charge in [0.25, 0.3) is 0 Å². The molecule has 3 atom stereocenters. The minimum absolute atomic E-state index is 0.0446. The van der Waals surface area contributed by atoms with Gasteiger partial charge in [0.05, 0.1) is 26.4 Å². The molecule has 0 aliphatic carbocycles. The molecule has 50 heavy (non-hydrogen) atoms. The van der Waals surface area contributed by atoms with Crippen LogP contribution in [0.5, 0.6) is 0 Å². The van der Waals surface area contributed by atoms with Crippen molar-refractivity contribution in [3.63, 3.8) is 0 Å². The van der Waals surface area contributed by atoms with Gasteiger partial charge in [0.1, 0.15) is 12.1 Å². The Kier molecular flexibility index (Phi) is 33.0. The Hall–Kier alpha value is -2.59. The summed E-state index contributed by atoms with van der Waals surface area (Å²) < 4.78 is 33.0. The number of carboxylic acid groups (broad SMARTS) is 1. The Balaban J connectivity index is 4.48. The molecule has 0 aromatic rings. The Morgan fingerprint density at radius 2 is 1.16 bits per heavy atom. The normalized spacial score (nSPS) is 15.0. The van der Waals surface area contributed by atoms with Crippen LogP contribution in [0.3, 0.4) is 0 Å². The number of aliphatic carboxylic acids is 1. The van der Waals surface area contributed by atoms with E-state index < -0.39 is 45.1 Å². The fraction of sp³-hybridized carbons (Fsp3) is 0.641. The van der Waals surface area contributed by atoms with Crippen LogP contribution in [-0.4, -0.2) is 60.5 Å². The molecule has 11 heteroatoms. The summed E-state index contributed by atoms with van der Waals surface area (Å²) in [5.41, 5.74) is 5.32. The molecule has 0 aliphatic heterocycles. The first-order valence-electron chi connectivity index (χ1n) is 18.5. The van der Waals surface area contributed by atoms with E-state index in [0.29, 0.717) is 19.4 Å². The van der Waals surface area contributed by atoms with E-state index >= 15 is 0 Å². The number of rotatable bonds is 34. The molecule has 0 spiro atoms. The molecule has 0 saturated carbocycles. The van der Waals surface area contributed by atoms with Crippen LogP contribution >= 0.6 is 7.82 Å². The summed E-state index contributed by atoms with van der Waals surface area (Å²) in [5.74, 6) is -1.83. The van der Waals surface area contributed by atoms with Gasteiger partial charge in [-0.25, -0.2) is 4.57 Å². The number of phosphoric acid groups is 1. The van der Waals surface area contributed by atoms with Crippen molar-refractivity contribution in [2.45, 2.75) is 135 Å². The first-order valence-corrected chi connectivity index (χ1v) is 20.0. The SMILES string of the molecule is CC/C=C\C/C=C\C/C=C\C/C=C\C/C=C\CCOCC(COP(=O)(O)OCC(N)C(=O)O)OC(=O)CCCCCCC/C=C\CCCCC. The van der Waals surface area contributed by atoms with Crippen molar-refractivity contribution in [2.75, 3.05) is 26.4 Å². The lowest BCUT2D eigenvalue weighted by atomic mass is 10.1. The number of hydrogen-bond acceptors (Lipinski definition) is 8.